The van der Waals surface area contributed by atoms with Gasteiger partial charge in [0.1, 0.15) is 5.82 Å². The molecule has 1 aromatic carbocycles. The van der Waals surface area contributed by atoms with Gasteiger partial charge in [-0.3, -0.25) is 0 Å². The number of hydrogen-bond donors (Lipinski definition) is 1. The maximum Gasteiger partial charge on any atom is 0.127 e. The zero-order chi connectivity index (χ0) is 11.5. The molecule has 0 aliphatic heterocycles. The summed E-state index contributed by atoms with van der Waals surface area (Å²) in [5, 5.41) is 3.27. The SMILES string of the molecule is Cc1ccc(F)c(CNCC(C)(C)C)c1. The molecule has 1 aromatic rings. The minimum absolute atomic E-state index is 0.123. The van der Waals surface area contributed by atoms with Crippen LogP contribution in [0.4, 0.5) is 4.39 Å². The standard InChI is InChI=1S/C13H20FN/c1-10-5-6-12(14)11(7-10)8-15-9-13(2,3)4/h5-7,15H,8-9H2,1-4H3. The Balaban J connectivity index is 2.54. The molecular weight excluding hydrogens is 189 g/mol. The van der Waals surface area contributed by atoms with Gasteiger partial charge in [-0.15, -0.1) is 0 Å². The van der Waals surface area contributed by atoms with Gasteiger partial charge in [-0.05, 0) is 18.4 Å². The second-order valence-electron chi connectivity index (χ2n) is 5.26. The van der Waals surface area contributed by atoms with E-state index in [1.807, 2.05) is 13.0 Å². The van der Waals surface area contributed by atoms with E-state index < -0.39 is 0 Å². The molecule has 0 aromatic heterocycles. The average Bonchev–Trinajstić information content (AvgIpc) is 2.09. The molecule has 0 aliphatic carbocycles. The molecular formula is C13H20FN. The maximum atomic E-state index is 13.3. The summed E-state index contributed by atoms with van der Waals surface area (Å²) in [6, 6.07) is 5.22. The largest absolute Gasteiger partial charge is 0.312 e. The van der Waals surface area contributed by atoms with Crippen LogP contribution < -0.4 is 5.32 Å². The first-order valence-corrected chi connectivity index (χ1v) is 5.34. The fourth-order valence-electron chi connectivity index (χ4n) is 1.41. The zero-order valence-electron chi connectivity index (χ0n) is 10.0. The summed E-state index contributed by atoms with van der Waals surface area (Å²) in [4.78, 5) is 0. The first-order chi connectivity index (χ1) is 6.88. The normalized spacial score (nSPS) is 11.8. The highest BCUT2D eigenvalue weighted by Gasteiger charge is 2.09. The van der Waals surface area contributed by atoms with Crippen molar-refractivity contribution in [2.45, 2.75) is 34.2 Å². The van der Waals surface area contributed by atoms with Gasteiger partial charge in [-0.25, -0.2) is 4.39 Å². The van der Waals surface area contributed by atoms with Gasteiger partial charge in [0.25, 0.3) is 0 Å². The Morgan fingerprint density at radius 1 is 1.27 bits per heavy atom. The first-order valence-electron chi connectivity index (χ1n) is 5.34. The summed E-state index contributed by atoms with van der Waals surface area (Å²) in [5.74, 6) is -0.123. The molecule has 84 valence electrons. The van der Waals surface area contributed by atoms with Crippen LogP contribution in [0.25, 0.3) is 0 Å². The monoisotopic (exact) mass is 209 g/mol. The van der Waals surface area contributed by atoms with Crippen LogP contribution in [-0.2, 0) is 6.54 Å². The van der Waals surface area contributed by atoms with E-state index in [0.29, 0.717) is 6.54 Å². The third-order valence-corrected chi connectivity index (χ3v) is 2.17. The Hall–Kier alpha value is -0.890. The molecule has 15 heavy (non-hydrogen) atoms. The van der Waals surface area contributed by atoms with Crippen molar-refractivity contribution in [2.24, 2.45) is 5.41 Å². The molecule has 1 nitrogen and oxygen atoms in total. The van der Waals surface area contributed by atoms with Crippen molar-refractivity contribution < 1.29 is 4.39 Å². The fourth-order valence-corrected chi connectivity index (χ4v) is 1.41. The van der Waals surface area contributed by atoms with Crippen molar-refractivity contribution >= 4 is 0 Å². The van der Waals surface area contributed by atoms with Crippen LogP contribution in [0.15, 0.2) is 18.2 Å². The number of nitrogens with one attached hydrogen (secondary N) is 1. The van der Waals surface area contributed by atoms with Crippen molar-refractivity contribution in [1.29, 1.82) is 0 Å². The minimum atomic E-state index is -0.123. The van der Waals surface area contributed by atoms with Gasteiger partial charge in [0.15, 0.2) is 0 Å². The molecule has 0 radical (unpaired) electrons. The highest BCUT2D eigenvalue weighted by Crippen LogP contribution is 2.13. The lowest BCUT2D eigenvalue weighted by Crippen LogP contribution is -2.26. The molecule has 1 N–H and O–H groups in total. The Morgan fingerprint density at radius 3 is 2.53 bits per heavy atom. The number of hydrogen-bond acceptors (Lipinski definition) is 1. The molecule has 0 spiro atoms. The van der Waals surface area contributed by atoms with E-state index in [0.717, 1.165) is 17.7 Å². The minimum Gasteiger partial charge on any atom is -0.312 e. The molecule has 0 saturated heterocycles. The van der Waals surface area contributed by atoms with E-state index in [1.54, 1.807) is 6.07 Å². The van der Waals surface area contributed by atoms with Crippen LogP contribution in [0.1, 0.15) is 31.9 Å². The van der Waals surface area contributed by atoms with Crippen LogP contribution in [0.3, 0.4) is 0 Å². The number of rotatable bonds is 3. The highest BCUT2D eigenvalue weighted by atomic mass is 19.1. The lowest BCUT2D eigenvalue weighted by atomic mass is 9.97. The van der Waals surface area contributed by atoms with Crippen molar-refractivity contribution in [2.75, 3.05) is 6.54 Å². The van der Waals surface area contributed by atoms with Crippen LogP contribution in [0, 0.1) is 18.2 Å². The molecule has 1 rings (SSSR count). The molecule has 2 heteroatoms. The van der Waals surface area contributed by atoms with E-state index in [-0.39, 0.29) is 11.2 Å². The van der Waals surface area contributed by atoms with Crippen LogP contribution in [0.2, 0.25) is 0 Å². The van der Waals surface area contributed by atoms with E-state index in [2.05, 4.69) is 26.1 Å². The highest BCUT2D eigenvalue weighted by molar-refractivity contribution is 5.23. The van der Waals surface area contributed by atoms with Gasteiger partial charge >= 0.3 is 0 Å². The van der Waals surface area contributed by atoms with Gasteiger partial charge in [0.2, 0.25) is 0 Å². The molecule has 0 atom stereocenters. The van der Waals surface area contributed by atoms with E-state index in [9.17, 15) is 4.39 Å². The molecule has 0 unspecified atom stereocenters. The molecule has 0 bridgehead atoms. The third kappa shape index (κ3) is 4.43. The zero-order valence-corrected chi connectivity index (χ0v) is 10.0. The first kappa shape index (κ1) is 12.2. The van der Waals surface area contributed by atoms with Gasteiger partial charge in [0, 0.05) is 18.7 Å². The fraction of sp³-hybridized carbons (Fsp3) is 0.538. The molecule has 0 fully saturated rings. The molecule has 0 amide bonds. The Bertz CT molecular complexity index is 326. The summed E-state index contributed by atoms with van der Waals surface area (Å²) in [6.07, 6.45) is 0. The van der Waals surface area contributed by atoms with E-state index >= 15 is 0 Å². The summed E-state index contributed by atoms with van der Waals surface area (Å²) in [5.41, 5.74) is 2.09. The predicted octanol–water partition coefficient (Wildman–Crippen LogP) is 3.27. The predicted molar refractivity (Wildman–Crippen MR) is 62.3 cm³/mol. The van der Waals surface area contributed by atoms with E-state index in [1.165, 1.54) is 6.07 Å². The topological polar surface area (TPSA) is 12.0 Å². The lowest BCUT2D eigenvalue weighted by Gasteiger charge is -2.19. The average molecular weight is 209 g/mol. The van der Waals surface area contributed by atoms with Gasteiger partial charge < -0.3 is 5.32 Å². The van der Waals surface area contributed by atoms with Crippen LogP contribution >= 0.6 is 0 Å². The van der Waals surface area contributed by atoms with Crippen molar-refractivity contribution in [3.05, 3.63) is 35.1 Å². The summed E-state index contributed by atoms with van der Waals surface area (Å²) < 4.78 is 13.3. The summed E-state index contributed by atoms with van der Waals surface area (Å²) in [7, 11) is 0. The van der Waals surface area contributed by atoms with Crippen molar-refractivity contribution in [1.82, 2.24) is 5.32 Å². The Morgan fingerprint density at radius 2 is 1.93 bits per heavy atom. The quantitative estimate of drug-likeness (QED) is 0.805. The second kappa shape index (κ2) is 4.75. The molecule has 0 heterocycles. The number of aryl methyl sites for hydroxylation is 1. The molecule has 0 saturated carbocycles. The van der Waals surface area contributed by atoms with Crippen molar-refractivity contribution in [3.63, 3.8) is 0 Å². The van der Waals surface area contributed by atoms with E-state index in [4.69, 9.17) is 0 Å². The maximum absolute atomic E-state index is 13.3. The van der Waals surface area contributed by atoms with Gasteiger partial charge in [-0.1, -0.05) is 38.5 Å². The van der Waals surface area contributed by atoms with Gasteiger partial charge in [-0.2, -0.15) is 0 Å². The Labute approximate surface area is 91.7 Å². The van der Waals surface area contributed by atoms with Crippen LogP contribution in [-0.4, -0.2) is 6.54 Å². The van der Waals surface area contributed by atoms with Gasteiger partial charge in [0.05, 0.1) is 0 Å². The number of halogens is 1. The van der Waals surface area contributed by atoms with Crippen molar-refractivity contribution in [3.8, 4) is 0 Å². The smallest absolute Gasteiger partial charge is 0.127 e. The number of benzene rings is 1. The Kier molecular flexibility index (Phi) is 3.86. The molecule has 0 aliphatic rings. The summed E-state index contributed by atoms with van der Waals surface area (Å²) in [6.45, 7) is 9.95. The van der Waals surface area contributed by atoms with Crippen LogP contribution in [0.5, 0.6) is 0 Å². The lowest BCUT2D eigenvalue weighted by molar-refractivity contribution is 0.377. The third-order valence-electron chi connectivity index (χ3n) is 2.17. The second-order valence-corrected chi connectivity index (χ2v) is 5.26. The summed E-state index contributed by atoms with van der Waals surface area (Å²) >= 11 is 0.